The van der Waals surface area contributed by atoms with E-state index >= 15 is 0 Å². The van der Waals surface area contributed by atoms with Gasteiger partial charge in [-0.1, -0.05) is 55.9 Å². The van der Waals surface area contributed by atoms with Crippen molar-refractivity contribution in [2.45, 2.75) is 19.9 Å². The molecule has 2 aromatic rings. The second kappa shape index (κ2) is 7.59. The molecule has 1 atom stereocenters. The lowest BCUT2D eigenvalue weighted by atomic mass is 10.1. The molecule has 0 radical (unpaired) electrons. The van der Waals surface area contributed by atoms with Gasteiger partial charge in [0.05, 0.1) is 11.4 Å². The Labute approximate surface area is 167 Å². The molecule has 2 heterocycles. The van der Waals surface area contributed by atoms with Gasteiger partial charge in [-0.05, 0) is 30.2 Å². The number of benzene rings is 2. The normalized spacial score (nSPS) is 17.8. The Bertz CT molecular complexity index is 985. The summed E-state index contributed by atoms with van der Waals surface area (Å²) in [7, 11) is 0. The van der Waals surface area contributed by atoms with Gasteiger partial charge in [0, 0.05) is 11.3 Å². The highest BCUT2D eigenvalue weighted by Crippen LogP contribution is 2.34. The number of carbonyl (C=O) groups excluding carboxylic acids is 2. The van der Waals surface area contributed by atoms with Crippen molar-refractivity contribution in [3.63, 3.8) is 0 Å². The molecule has 0 fully saturated rings. The zero-order chi connectivity index (χ0) is 19.7. The summed E-state index contributed by atoms with van der Waals surface area (Å²) < 4.78 is 0. The van der Waals surface area contributed by atoms with E-state index in [1.807, 2.05) is 68.4 Å². The number of fused-ring (bicyclic) bond motifs is 3. The van der Waals surface area contributed by atoms with Gasteiger partial charge < -0.3 is 5.32 Å². The van der Waals surface area contributed by atoms with Crippen LogP contribution in [0.5, 0.6) is 0 Å². The first-order valence-corrected chi connectivity index (χ1v) is 10.1. The molecule has 6 nitrogen and oxygen atoms in total. The fourth-order valence-electron chi connectivity index (χ4n) is 3.15. The number of thioether (sulfide) groups is 1. The second-order valence-electron chi connectivity index (χ2n) is 6.93. The number of carbonyl (C=O) groups is 2. The Kier molecular flexibility index (Phi) is 5.00. The van der Waals surface area contributed by atoms with Gasteiger partial charge in [0.25, 0.3) is 5.91 Å². The summed E-state index contributed by atoms with van der Waals surface area (Å²) >= 11 is 1.24. The lowest BCUT2D eigenvalue weighted by molar-refractivity contribution is -0.125. The van der Waals surface area contributed by atoms with Crippen LogP contribution in [0.15, 0.2) is 64.6 Å². The zero-order valence-electron chi connectivity index (χ0n) is 15.6. The van der Waals surface area contributed by atoms with Gasteiger partial charge in [-0.3, -0.25) is 14.6 Å². The molecule has 2 amide bonds. The van der Waals surface area contributed by atoms with E-state index in [1.165, 1.54) is 11.8 Å². The smallest absolute Gasteiger partial charge is 0.259 e. The van der Waals surface area contributed by atoms with Crippen LogP contribution in [0.4, 0.5) is 11.4 Å². The number of amides is 2. The number of para-hydroxylation sites is 2. The Hall–Kier alpha value is -2.93. The molecule has 0 aliphatic carbocycles. The number of anilines is 1. The molecule has 28 heavy (non-hydrogen) atoms. The molecule has 4 rings (SSSR count). The molecule has 0 unspecified atom stereocenters. The van der Waals surface area contributed by atoms with Crippen molar-refractivity contribution in [2.24, 2.45) is 15.9 Å². The van der Waals surface area contributed by atoms with E-state index in [-0.39, 0.29) is 23.5 Å². The zero-order valence-corrected chi connectivity index (χ0v) is 16.4. The number of aliphatic imine (C=N–C) groups is 2. The van der Waals surface area contributed by atoms with E-state index in [2.05, 4.69) is 15.3 Å². The minimum Gasteiger partial charge on any atom is -0.325 e. The number of hydrogen-bond acceptors (Lipinski definition) is 5. The van der Waals surface area contributed by atoms with E-state index in [0.717, 1.165) is 16.9 Å². The van der Waals surface area contributed by atoms with E-state index < -0.39 is 6.04 Å². The van der Waals surface area contributed by atoms with Crippen molar-refractivity contribution in [2.75, 3.05) is 11.1 Å². The van der Waals surface area contributed by atoms with Crippen molar-refractivity contribution >= 4 is 46.0 Å². The molecule has 142 valence electrons. The van der Waals surface area contributed by atoms with Gasteiger partial charge in [0.1, 0.15) is 11.9 Å². The molecule has 7 heteroatoms. The summed E-state index contributed by atoms with van der Waals surface area (Å²) in [6, 6.07) is 16.5. The minimum absolute atomic E-state index is 0.0883. The number of rotatable bonds is 4. The third-order valence-electron chi connectivity index (χ3n) is 4.52. The summed E-state index contributed by atoms with van der Waals surface area (Å²) in [4.78, 5) is 36.2. The van der Waals surface area contributed by atoms with Crippen LogP contribution in [0.3, 0.4) is 0 Å². The fourth-order valence-corrected chi connectivity index (χ4v) is 3.95. The van der Waals surface area contributed by atoms with Crippen LogP contribution in [0.2, 0.25) is 0 Å². The van der Waals surface area contributed by atoms with Crippen molar-refractivity contribution in [1.29, 1.82) is 0 Å². The van der Waals surface area contributed by atoms with Gasteiger partial charge in [-0.15, -0.1) is 0 Å². The molecule has 0 aromatic heterocycles. The largest absolute Gasteiger partial charge is 0.325 e. The van der Waals surface area contributed by atoms with Gasteiger partial charge in [-0.2, -0.15) is 0 Å². The highest BCUT2D eigenvalue weighted by atomic mass is 32.2. The fraction of sp³-hybridized carbons (Fsp3) is 0.238. The maximum atomic E-state index is 13.0. The summed E-state index contributed by atoms with van der Waals surface area (Å²) in [5.41, 5.74) is 2.35. The number of nitrogens with one attached hydrogen (secondary N) is 1. The summed E-state index contributed by atoms with van der Waals surface area (Å²) in [5, 5.41) is 3.34. The summed E-state index contributed by atoms with van der Waals surface area (Å²) in [5.74, 6) is 0.627. The first-order chi connectivity index (χ1) is 13.5. The number of nitrogens with zero attached hydrogens (tertiary/aromatic N) is 3. The van der Waals surface area contributed by atoms with Crippen molar-refractivity contribution < 1.29 is 9.59 Å². The molecule has 0 bridgehead atoms. The van der Waals surface area contributed by atoms with Gasteiger partial charge >= 0.3 is 0 Å². The summed E-state index contributed by atoms with van der Waals surface area (Å²) in [6.45, 7) is 3.96. The summed E-state index contributed by atoms with van der Waals surface area (Å²) in [6.07, 6.45) is 0. The third-order valence-corrected chi connectivity index (χ3v) is 5.46. The van der Waals surface area contributed by atoms with Crippen molar-refractivity contribution in [3.05, 3.63) is 60.2 Å². The predicted molar refractivity (Wildman–Crippen MR) is 113 cm³/mol. The molecule has 2 aromatic carbocycles. The first-order valence-electron chi connectivity index (χ1n) is 9.12. The molecular weight excluding hydrogens is 372 g/mol. The Morgan fingerprint density at radius 1 is 1.14 bits per heavy atom. The molecule has 2 aliphatic rings. The van der Waals surface area contributed by atoms with Crippen LogP contribution in [0.25, 0.3) is 0 Å². The SMILES string of the molecule is CC(C)[C@@H]1N=C2c3ccccc3N=C(SCC(=O)Nc3ccccc3)N2C1=O. The number of amidine groups is 2. The molecule has 0 spiro atoms. The van der Waals surface area contributed by atoms with Crippen LogP contribution < -0.4 is 5.32 Å². The Morgan fingerprint density at radius 2 is 1.86 bits per heavy atom. The van der Waals surface area contributed by atoms with Gasteiger partial charge in [-0.25, -0.2) is 9.89 Å². The maximum absolute atomic E-state index is 13.0. The molecule has 0 saturated heterocycles. The predicted octanol–water partition coefficient (Wildman–Crippen LogP) is 3.67. The number of hydrogen-bond donors (Lipinski definition) is 1. The van der Waals surface area contributed by atoms with Gasteiger partial charge in [0.15, 0.2) is 5.17 Å². The Morgan fingerprint density at radius 3 is 2.61 bits per heavy atom. The molecule has 0 saturated carbocycles. The van der Waals surface area contributed by atoms with E-state index in [9.17, 15) is 9.59 Å². The van der Waals surface area contributed by atoms with Crippen LogP contribution >= 0.6 is 11.8 Å². The second-order valence-corrected chi connectivity index (χ2v) is 7.87. The quantitative estimate of drug-likeness (QED) is 0.863. The average Bonchev–Trinajstić information content (AvgIpc) is 3.05. The lowest BCUT2D eigenvalue weighted by Gasteiger charge is -2.25. The first kappa shape index (κ1) is 18.4. The van der Waals surface area contributed by atoms with Crippen LogP contribution in [0.1, 0.15) is 19.4 Å². The molecule has 2 aliphatic heterocycles. The third kappa shape index (κ3) is 3.45. The topological polar surface area (TPSA) is 74.1 Å². The average molecular weight is 392 g/mol. The highest BCUT2D eigenvalue weighted by Gasteiger charge is 2.42. The molecule has 1 N–H and O–H groups in total. The van der Waals surface area contributed by atoms with E-state index in [1.54, 1.807) is 4.90 Å². The van der Waals surface area contributed by atoms with Crippen LogP contribution in [-0.4, -0.2) is 39.5 Å². The van der Waals surface area contributed by atoms with E-state index in [4.69, 9.17) is 0 Å². The van der Waals surface area contributed by atoms with Crippen LogP contribution in [0, 0.1) is 5.92 Å². The Balaban J connectivity index is 1.57. The maximum Gasteiger partial charge on any atom is 0.259 e. The van der Waals surface area contributed by atoms with Crippen LogP contribution in [-0.2, 0) is 9.59 Å². The van der Waals surface area contributed by atoms with Crippen molar-refractivity contribution in [1.82, 2.24) is 4.90 Å². The van der Waals surface area contributed by atoms with Gasteiger partial charge in [0.2, 0.25) is 5.91 Å². The highest BCUT2D eigenvalue weighted by molar-refractivity contribution is 8.14. The minimum atomic E-state index is -0.426. The molecular formula is C21H20N4O2S. The lowest BCUT2D eigenvalue weighted by Crippen LogP contribution is -2.42. The van der Waals surface area contributed by atoms with E-state index in [0.29, 0.717) is 11.0 Å². The van der Waals surface area contributed by atoms with Crippen molar-refractivity contribution in [3.8, 4) is 0 Å². The standard InChI is InChI=1S/C21H20N4O2S/c1-13(2)18-20(27)25-19(24-18)15-10-6-7-11-16(15)23-21(25)28-12-17(26)22-14-8-4-3-5-9-14/h3-11,13,18H,12H2,1-2H3,(H,22,26)/t18-/m0/s1. The monoisotopic (exact) mass is 392 g/mol.